The fourth-order valence-corrected chi connectivity index (χ4v) is 5.76. The summed E-state index contributed by atoms with van der Waals surface area (Å²) in [7, 11) is 0. The highest BCUT2D eigenvalue weighted by Crippen LogP contribution is 2.35. The number of halogens is 1. The molecular weight excluding hydrogens is 594 g/mol. The Morgan fingerprint density at radius 1 is 0.978 bits per heavy atom. The minimum absolute atomic E-state index is 0.00986. The molecule has 5 aromatic rings. The van der Waals surface area contributed by atoms with Crippen molar-refractivity contribution in [3.63, 3.8) is 0 Å². The third-order valence-electron chi connectivity index (χ3n) is 7.86. The molecule has 1 aliphatic rings. The third kappa shape index (κ3) is 5.89. The molecule has 0 fully saturated rings. The zero-order valence-corrected chi connectivity index (χ0v) is 25.2. The van der Waals surface area contributed by atoms with E-state index in [4.69, 9.17) is 11.6 Å². The van der Waals surface area contributed by atoms with Crippen molar-refractivity contribution < 1.29 is 19.2 Å². The predicted molar refractivity (Wildman–Crippen MR) is 168 cm³/mol. The molecule has 0 unspecified atom stereocenters. The van der Waals surface area contributed by atoms with Crippen molar-refractivity contribution in [2.24, 2.45) is 0 Å². The maximum Gasteiger partial charge on any atom is 0.270 e. The van der Waals surface area contributed by atoms with Crippen LogP contribution in [0.25, 0.3) is 5.65 Å². The van der Waals surface area contributed by atoms with E-state index in [1.165, 1.54) is 23.7 Å². The lowest BCUT2D eigenvalue weighted by atomic mass is 9.96. The number of benzene rings is 2. The monoisotopic (exact) mass is 621 g/mol. The van der Waals surface area contributed by atoms with Crippen molar-refractivity contribution in [3.05, 3.63) is 123 Å². The van der Waals surface area contributed by atoms with Crippen LogP contribution in [0.1, 0.15) is 83.3 Å². The van der Waals surface area contributed by atoms with Gasteiger partial charge >= 0.3 is 0 Å². The largest absolute Gasteiger partial charge is 0.347 e. The van der Waals surface area contributed by atoms with Crippen LogP contribution < -0.4 is 16.0 Å². The van der Waals surface area contributed by atoms with Crippen LogP contribution >= 0.6 is 11.6 Å². The Kier molecular flexibility index (Phi) is 8.10. The highest BCUT2D eigenvalue weighted by Gasteiger charge is 2.29. The standard InChI is InChI=1S/C33H28ClN7O4/c1-18-21(19(2)42)9-10-23-22(18)11-12-26(23)39-33(45)29-14-28(32(44)36-16-20-6-5-13-35-15-20)38-30-24(17-37-41(29)30)31(43)40-27-8-4-3-7-25(27)34/h3-10,13-15,17,26H,11-12,16H2,1-2H3,(H,36,44)(H,39,45)(H,40,43)/t26-/m0/s1. The summed E-state index contributed by atoms with van der Waals surface area (Å²) < 4.78 is 1.24. The molecule has 3 aromatic heterocycles. The van der Waals surface area contributed by atoms with Crippen molar-refractivity contribution in [2.75, 3.05) is 5.32 Å². The highest BCUT2D eigenvalue weighted by molar-refractivity contribution is 6.34. The van der Waals surface area contributed by atoms with Gasteiger partial charge < -0.3 is 16.0 Å². The number of hydrogen-bond donors (Lipinski definition) is 3. The summed E-state index contributed by atoms with van der Waals surface area (Å²) in [5, 5.41) is 13.2. The van der Waals surface area contributed by atoms with Gasteiger partial charge in [0, 0.05) is 30.6 Å². The fourth-order valence-electron chi connectivity index (χ4n) is 5.57. The van der Waals surface area contributed by atoms with Gasteiger partial charge in [-0.1, -0.05) is 41.9 Å². The molecule has 0 spiro atoms. The van der Waals surface area contributed by atoms with Gasteiger partial charge in [-0.2, -0.15) is 5.10 Å². The second-order valence-corrected chi connectivity index (χ2v) is 11.1. The van der Waals surface area contributed by atoms with Gasteiger partial charge in [0.1, 0.15) is 17.0 Å². The van der Waals surface area contributed by atoms with Gasteiger partial charge in [0.15, 0.2) is 11.4 Å². The van der Waals surface area contributed by atoms with E-state index in [-0.39, 0.29) is 41.0 Å². The number of aromatic nitrogens is 4. The highest BCUT2D eigenvalue weighted by atomic mass is 35.5. The maximum atomic E-state index is 13.8. The third-order valence-corrected chi connectivity index (χ3v) is 8.19. The van der Waals surface area contributed by atoms with Crippen LogP contribution in [0.2, 0.25) is 5.02 Å². The number of pyridine rings is 1. The first kappa shape index (κ1) is 29.6. The normalized spacial score (nSPS) is 13.7. The van der Waals surface area contributed by atoms with Crippen LogP contribution in [0.4, 0.5) is 5.69 Å². The van der Waals surface area contributed by atoms with Crippen LogP contribution in [0.5, 0.6) is 0 Å². The summed E-state index contributed by atoms with van der Waals surface area (Å²) in [6, 6.07) is 15.0. The SMILES string of the molecule is CC(=O)c1ccc2c(c1C)CC[C@@H]2NC(=O)c1cc(C(=O)NCc2cccnc2)nc2c(C(=O)Nc3ccccc3Cl)cnn12. The maximum absolute atomic E-state index is 13.8. The minimum Gasteiger partial charge on any atom is -0.347 e. The molecule has 12 heteroatoms. The van der Waals surface area contributed by atoms with Crippen LogP contribution in [0.15, 0.2) is 73.2 Å². The summed E-state index contributed by atoms with van der Waals surface area (Å²) >= 11 is 6.24. The summed E-state index contributed by atoms with van der Waals surface area (Å²) in [5.74, 6) is -1.63. The topological polar surface area (TPSA) is 147 Å². The molecule has 11 nitrogen and oxygen atoms in total. The molecule has 6 rings (SSSR count). The van der Waals surface area contributed by atoms with E-state index in [0.29, 0.717) is 29.1 Å². The summed E-state index contributed by atoms with van der Waals surface area (Å²) in [5.41, 5.74) is 4.73. The number of Topliss-reactive ketones (excluding diaryl/α,β-unsaturated/α-hetero) is 1. The van der Waals surface area contributed by atoms with E-state index in [1.54, 1.807) is 48.8 Å². The van der Waals surface area contributed by atoms with Crippen molar-refractivity contribution in [1.82, 2.24) is 30.2 Å². The number of carbonyl (C=O) groups excluding carboxylic acids is 4. The van der Waals surface area contributed by atoms with E-state index in [0.717, 1.165) is 22.3 Å². The van der Waals surface area contributed by atoms with E-state index in [9.17, 15) is 19.2 Å². The molecule has 3 N–H and O–H groups in total. The van der Waals surface area contributed by atoms with Gasteiger partial charge in [0.2, 0.25) is 0 Å². The molecule has 1 aliphatic carbocycles. The first-order chi connectivity index (χ1) is 21.7. The summed E-state index contributed by atoms with van der Waals surface area (Å²) in [6.45, 7) is 3.64. The van der Waals surface area contributed by atoms with Crippen LogP contribution in [0, 0.1) is 6.92 Å². The lowest BCUT2D eigenvalue weighted by Gasteiger charge is -2.16. The Hall–Kier alpha value is -5.42. The molecule has 3 heterocycles. The van der Waals surface area contributed by atoms with Crippen LogP contribution in [-0.2, 0) is 13.0 Å². The minimum atomic E-state index is -0.564. The quantitative estimate of drug-likeness (QED) is 0.209. The van der Waals surface area contributed by atoms with E-state index < -0.39 is 17.7 Å². The molecule has 3 amide bonds. The number of anilines is 1. The molecule has 0 saturated carbocycles. The number of hydrogen-bond acceptors (Lipinski definition) is 7. The average molecular weight is 622 g/mol. The van der Waals surface area contributed by atoms with Crippen molar-refractivity contribution in [2.45, 2.75) is 39.3 Å². The Morgan fingerprint density at radius 3 is 2.56 bits per heavy atom. The average Bonchev–Trinajstić information content (AvgIpc) is 3.66. The van der Waals surface area contributed by atoms with Gasteiger partial charge in [0.05, 0.1) is 22.9 Å². The molecule has 45 heavy (non-hydrogen) atoms. The van der Waals surface area contributed by atoms with E-state index in [1.807, 2.05) is 19.1 Å². The first-order valence-electron chi connectivity index (χ1n) is 14.3. The number of fused-ring (bicyclic) bond motifs is 2. The molecule has 1 atom stereocenters. The smallest absolute Gasteiger partial charge is 0.270 e. The van der Waals surface area contributed by atoms with Gasteiger partial charge in [-0.3, -0.25) is 24.2 Å². The van der Waals surface area contributed by atoms with Crippen LogP contribution in [0.3, 0.4) is 0 Å². The lowest BCUT2D eigenvalue weighted by molar-refractivity contribution is 0.0926. The molecule has 0 aliphatic heterocycles. The van der Waals surface area contributed by atoms with Gasteiger partial charge in [-0.25, -0.2) is 9.50 Å². The zero-order valence-electron chi connectivity index (χ0n) is 24.4. The number of rotatable bonds is 8. The molecule has 0 radical (unpaired) electrons. The van der Waals surface area contributed by atoms with Crippen molar-refractivity contribution in [1.29, 1.82) is 0 Å². The predicted octanol–water partition coefficient (Wildman–Crippen LogP) is 4.89. The van der Waals surface area contributed by atoms with E-state index >= 15 is 0 Å². The fraction of sp³-hybridized carbons (Fsp3) is 0.182. The lowest BCUT2D eigenvalue weighted by Crippen LogP contribution is -2.31. The molecule has 226 valence electrons. The molecular formula is C33H28ClN7O4. The molecule has 0 saturated heterocycles. The zero-order chi connectivity index (χ0) is 31.7. The number of amides is 3. The van der Waals surface area contributed by atoms with Crippen LogP contribution in [-0.4, -0.2) is 43.1 Å². The Morgan fingerprint density at radius 2 is 1.80 bits per heavy atom. The van der Waals surface area contributed by atoms with Gasteiger partial charge in [-0.15, -0.1) is 0 Å². The van der Waals surface area contributed by atoms with Gasteiger partial charge in [0.25, 0.3) is 17.7 Å². The number of carbonyl (C=O) groups is 4. The Labute approximate surface area is 263 Å². The van der Waals surface area contributed by atoms with E-state index in [2.05, 4.69) is 31.0 Å². The van der Waals surface area contributed by atoms with Gasteiger partial charge in [-0.05, 0) is 67.1 Å². The number of para-hydroxylation sites is 1. The second-order valence-electron chi connectivity index (χ2n) is 10.7. The summed E-state index contributed by atoms with van der Waals surface area (Å²) in [4.78, 5) is 61.1. The second kappa shape index (κ2) is 12.3. The van der Waals surface area contributed by atoms with Crippen molar-refractivity contribution >= 4 is 46.4 Å². The Balaban J connectivity index is 1.35. The number of nitrogens with one attached hydrogen (secondary N) is 3. The first-order valence-corrected chi connectivity index (χ1v) is 14.6. The Bertz CT molecular complexity index is 1990. The van der Waals surface area contributed by atoms with Crippen molar-refractivity contribution in [3.8, 4) is 0 Å². The molecule has 2 aromatic carbocycles. The number of nitrogens with zero attached hydrogens (tertiary/aromatic N) is 4. The number of ketones is 1. The summed E-state index contributed by atoms with van der Waals surface area (Å²) in [6.07, 6.45) is 5.90. The molecule has 0 bridgehead atoms.